The molecule has 0 saturated carbocycles. The third-order valence-electron chi connectivity index (χ3n) is 8.82. The standard InChI is InChI=1S/C27H49NO20P2/c1-7-13(33)17(37)20(40)25(41-7)47-22-18(38)14(34)9(4-29)42-26(22)45-21-11(6-31)44-24(12(16(21)36)28-8(2)32)46-23-19(39)15(35)10(5-30)43-27(23)48-50(3)49/h7,9-27,29-31,33-40H,4-6,49H2,1-3H3,(H,28,32)/t7?,9?,10?,11?,12-,13+,14-,15+,16+,17-,18-,19-,20?,21+,22-,23+,24?,25-,26?,27?,50?/m0/s1. The molecule has 10 unspecified atom stereocenters. The zero-order valence-corrected chi connectivity index (χ0v) is 29.3. The molecule has 1 amide bonds. The molecular weight excluding hydrogens is 720 g/mol. The first-order valence-corrected chi connectivity index (χ1v) is 19.1. The van der Waals surface area contributed by atoms with E-state index in [4.69, 9.17) is 37.7 Å². The van der Waals surface area contributed by atoms with Crippen LogP contribution in [0.5, 0.6) is 0 Å². The Hall–Kier alpha value is -0.430. The summed E-state index contributed by atoms with van der Waals surface area (Å²) in [6.45, 7) is 1.77. The zero-order valence-electron chi connectivity index (χ0n) is 27.3. The van der Waals surface area contributed by atoms with Gasteiger partial charge in [-0.2, -0.15) is 0 Å². The number of hydrogen-bond acceptors (Lipinski definition) is 20. The van der Waals surface area contributed by atoms with Crippen molar-refractivity contribution in [3.63, 3.8) is 0 Å². The van der Waals surface area contributed by atoms with Gasteiger partial charge in [0.25, 0.3) is 0 Å². The summed E-state index contributed by atoms with van der Waals surface area (Å²) in [5, 5.41) is 118. The summed E-state index contributed by atoms with van der Waals surface area (Å²) >= 11 is 0. The lowest BCUT2D eigenvalue weighted by Gasteiger charge is -2.50. The van der Waals surface area contributed by atoms with E-state index in [1.807, 2.05) is 0 Å². The Morgan fingerprint density at radius 2 is 1.10 bits per heavy atom. The van der Waals surface area contributed by atoms with Gasteiger partial charge in [0.1, 0.15) is 91.5 Å². The zero-order chi connectivity index (χ0) is 37.2. The fourth-order valence-corrected chi connectivity index (χ4v) is 6.95. The van der Waals surface area contributed by atoms with E-state index in [9.17, 15) is 61.0 Å². The molecule has 0 radical (unpaired) electrons. The number of hydrogen-bond donors (Lipinski definition) is 12. The van der Waals surface area contributed by atoms with Gasteiger partial charge >= 0.3 is 0 Å². The van der Waals surface area contributed by atoms with Crippen molar-refractivity contribution in [2.45, 2.75) is 137 Å². The molecule has 4 heterocycles. The Bertz CT molecular complexity index is 1090. The van der Waals surface area contributed by atoms with Gasteiger partial charge in [-0.3, -0.25) is 4.79 Å². The minimum absolute atomic E-state index is 0.674. The second-order valence-electron chi connectivity index (χ2n) is 12.5. The summed E-state index contributed by atoms with van der Waals surface area (Å²) in [5.41, 5.74) is 0. The lowest BCUT2D eigenvalue weighted by Crippen LogP contribution is -2.69. The Kier molecular flexibility index (Phi) is 15.5. The first-order chi connectivity index (χ1) is 23.5. The minimum atomic E-state index is -1.91. The Labute approximate surface area is 289 Å². The van der Waals surface area contributed by atoms with Gasteiger partial charge in [0, 0.05) is 14.8 Å². The van der Waals surface area contributed by atoms with E-state index >= 15 is 0 Å². The van der Waals surface area contributed by atoms with Gasteiger partial charge in [-0.05, 0) is 13.6 Å². The van der Waals surface area contributed by atoms with Crippen LogP contribution in [-0.4, -0.2) is 211 Å². The molecule has 12 N–H and O–H groups in total. The molecular formula is C27H49NO20P2. The Morgan fingerprint density at radius 1 is 0.620 bits per heavy atom. The summed E-state index contributed by atoms with van der Waals surface area (Å²) in [4.78, 5) is 12.3. The van der Waals surface area contributed by atoms with Crippen LogP contribution in [0.4, 0.5) is 0 Å². The molecule has 4 aliphatic heterocycles. The third kappa shape index (κ3) is 9.26. The average molecular weight is 770 g/mol. The van der Waals surface area contributed by atoms with Crippen LogP contribution in [-0.2, 0) is 42.5 Å². The van der Waals surface area contributed by atoms with E-state index < -0.39 is 156 Å². The van der Waals surface area contributed by atoms with Crippen LogP contribution in [0, 0.1) is 0 Å². The fourth-order valence-electron chi connectivity index (χ4n) is 6.09. The van der Waals surface area contributed by atoms with Gasteiger partial charge in [0.05, 0.1) is 25.9 Å². The topological polar surface area (TPSA) is 325 Å². The minimum Gasteiger partial charge on any atom is -0.394 e. The van der Waals surface area contributed by atoms with Gasteiger partial charge in [-0.25, -0.2) is 0 Å². The van der Waals surface area contributed by atoms with Gasteiger partial charge in [-0.15, -0.1) is 0 Å². The van der Waals surface area contributed by atoms with Gasteiger partial charge in [0.2, 0.25) is 5.91 Å². The molecule has 0 aromatic heterocycles. The van der Waals surface area contributed by atoms with Crippen molar-refractivity contribution >= 4 is 22.7 Å². The van der Waals surface area contributed by atoms with Crippen LogP contribution in [0.15, 0.2) is 0 Å². The molecule has 50 heavy (non-hydrogen) atoms. The van der Waals surface area contributed by atoms with Crippen LogP contribution in [0.1, 0.15) is 13.8 Å². The van der Waals surface area contributed by atoms with E-state index in [0.29, 0.717) is 0 Å². The molecule has 4 rings (SSSR count). The smallest absolute Gasteiger partial charge is 0.217 e. The number of amides is 1. The number of nitrogens with one attached hydrogen (secondary N) is 1. The second-order valence-corrected chi connectivity index (χ2v) is 16.0. The third-order valence-corrected chi connectivity index (χ3v) is 9.73. The maximum atomic E-state index is 12.3. The average Bonchev–Trinajstić information content (AvgIpc) is 3.07. The number of aliphatic hydroxyl groups is 11. The van der Waals surface area contributed by atoms with Crippen molar-refractivity contribution in [3.8, 4) is 0 Å². The summed E-state index contributed by atoms with van der Waals surface area (Å²) in [7, 11) is 1.15. The summed E-state index contributed by atoms with van der Waals surface area (Å²) in [6, 6.07) is -1.53. The van der Waals surface area contributed by atoms with Crippen molar-refractivity contribution in [2.75, 3.05) is 26.5 Å². The van der Waals surface area contributed by atoms with Gasteiger partial charge in [-0.1, -0.05) is 8.93 Å². The highest BCUT2D eigenvalue weighted by Gasteiger charge is 2.56. The van der Waals surface area contributed by atoms with E-state index in [0.717, 1.165) is 6.92 Å². The first kappa shape index (κ1) is 42.3. The van der Waals surface area contributed by atoms with E-state index in [2.05, 4.69) is 14.2 Å². The number of rotatable bonds is 12. The monoisotopic (exact) mass is 769 g/mol. The molecule has 292 valence electrons. The maximum Gasteiger partial charge on any atom is 0.217 e. The van der Waals surface area contributed by atoms with Crippen molar-refractivity contribution in [2.24, 2.45) is 0 Å². The summed E-state index contributed by atoms with van der Waals surface area (Å²) in [5.74, 6) is -0.699. The van der Waals surface area contributed by atoms with Crippen LogP contribution in [0.3, 0.4) is 0 Å². The highest BCUT2D eigenvalue weighted by Crippen LogP contribution is 2.45. The lowest BCUT2D eigenvalue weighted by molar-refractivity contribution is -0.388. The SMILES string of the molecule is CC(=O)N[C@@H]1C(O[C@H]2C(OP(C)P)OC(CO)[C@@H](O)[C@@H]2O)OC(CO)[C@@H](OC2OC(CO)[C@H](O)[C@H](O)[C@@H]2O[C@@H]2OC(C)[C@@H](O)[C@H](O)C2O)[C@@H]1O. The van der Waals surface area contributed by atoms with E-state index in [-0.39, 0.29) is 0 Å². The van der Waals surface area contributed by atoms with E-state index in [1.54, 1.807) is 6.66 Å². The van der Waals surface area contributed by atoms with Crippen LogP contribution >= 0.6 is 16.8 Å². The normalized spacial score (nSPS) is 49.3. The fraction of sp³-hybridized carbons (Fsp3) is 0.963. The van der Waals surface area contributed by atoms with Crippen molar-refractivity contribution in [1.29, 1.82) is 0 Å². The largest absolute Gasteiger partial charge is 0.394 e. The highest BCUT2D eigenvalue weighted by molar-refractivity contribution is 8.10. The lowest BCUT2D eigenvalue weighted by atomic mass is 9.94. The molecule has 4 aliphatic rings. The number of carbonyl (C=O) groups excluding carboxylic acids is 1. The molecule has 0 aromatic carbocycles. The Morgan fingerprint density at radius 3 is 1.62 bits per heavy atom. The quantitative estimate of drug-likeness (QED) is 0.0821. The number of carbonyl (C=O) groups is 1. The van der Waals surface area contributed by atoms with Crippen LogP contribution in [0.2, 0.25) is 0 Å². The number of aliphatic hydroxyl groups excluding tert-OH is 11. The number of ether oxygens (including phenoxy) is 7. The van der Waals surface area contributed by atoms with Crippen molar-refractivity contribution in [3.05, 3.63) is 0 Å². The van der Waals surface area contributed by atoms with Gasteiger partial charge in [0.15, 0.2) is 25.2 Å². The second kappa shape index (κ2) is 18.3. The first-order valence-electron chi connectivity index (χ1n) is 15.8. The van der Waals surface area contributed by atoms with Crippen molar-refractivity contribution in [1.82, 2.24) is 5.32 Å². The van der Waals surface area contributed by atoms with Crippen LogP contribution in [0.25, 0.3) is 0 Å². The molecule has 23 heteroatoms. The molecule has 0 aliphatic carbocycles. The molecule has 0 aromatic rings. The summed E-state index contributed by atoms with van der Waals surface area (Å²) in [6.07, 6.45) is -30.9. The molecule has 0 spiro atoms. The predicted molar refractivity (Wildman–Crippen MR) is 165 cm³/mol. The van der Waals surface area contributed by atoms with Gasteiger partial charge < -0.3 is 99.2 Å². The molecule has 21 nitrogen and oxygen atoms in total. The molecule has 4 fully saturated rings. The van der Waals surface area contributed by atoms with Crippen LogP contribution < -0.4 is 5.32 Å². The highest BCUT2D eigenvalue weighted by atomic mass is 32.0. The molecule has 4 saturated heterocycles. The van der Waals surface area contributed by atoms with E-state index in [1.165, 1.54) is 6.92 Å². The van der Waals surface area contributed by atoms with Crippen molar-refractivity contribution < 1.29 is 98.6 Å². The molecule has 0 bridgehead atoms. The maximum absolute atomic E-state index is 12.3. The molecule has 22 atom stereocenters. The summed E-state index contributed by atoms with van der Waals surface area (Å²) < 4.78 is 45.9. The Balaban J connectivity index is 1.61. The predicted octanol–water partition coefficient (Wildman–Crippen LogP) is -6.74.